The van der Waals surface area contributed by atoms with Crippen LogP contribution in [0.25, 0.3) is 0 Å². The van der Waals surface area contributed by atoms with Crippen molar-refractivity contribution in [2.24, 2.45) is 70.0 Å². The Kier molecular flexibility index (Phi) is 9.90. The van der Waals surface area contributed by atoms with Crippen LogP contribution in [-0.2, 0) is 0 Å². The number of aliphatic hydroxyl groups is 3. The SMILES string of the molecule is CCCC(C)CCC(CC1CCC2(C1)CC1(C)C(CC2O)C(O)CC2C3CCC4C(CN5CC(C)CCC5C4(C)O)C3CC21)c1ccccc1. The number of piperidine rings is 2. The first kappa shape index (κ1) is 36.1. The highest BCUT2D eigenvalue weighted by molar-refractivity contribution is 5.21. The van der Waals surface area contributed by atoms with E-state index in [-0.39, 0.29) is 29.0 Å². The highest BCUT2D eigenvalue weighted by atomic mass is 16.3. The Morgan fingerprint density at radius 1 is 0.820 bits per heavy atom. The van der Waals surface area contributed by atoms with E-state index in [1.807, 2.05) is 0 Å². The molecule has 280 valence electrons. The zero-order valence-electron chi connectivity index (χ0n) is 32.5. The normalized spacial score (nSPS) is 49.8. The van der Waals surface area contributed by atoms with Gasteiger partial charge in [0, 0.05) is 19.1 Å². The highest BCUT2D eigenvalue weighted by Crippen LogP contribution is 2.71. The van der Waals surface area contributed by atoms with E-state index in [0.717, 1.165) is 50.5 Å². The van der Waals surface area contributed by atoms with Gasteiger partial charge in [0.1, 0.15) is 0 Å². The van der Waals surface area contributed by atoms with Gasteiger partial charge in [-0.25, -0.2) is 0 Å². The van der Waals surface area contributed by atoms with Gasteiger partial charge in [0.25, 0.3) is 0 Å². The fourth-order valence-electron chi connectivity index (χ4n) is 15.6. The quantitative estimate of drug-likeness (QED) is 0.255. The maximum Gasteiger partial charge on any atom is 0.0805 e. The minimum atomic E-state index is -0.586. The van der Waals surface area contributed by atoms with Crippen LogP contribution in [0.4, 0.5) is 0 Å². The first-order chi connectivity index (χ1) is 23.9. The van der Waals surface area contributed by atoms with Crippen LogP contribution in [0.15, 0.2) is 30.3 Å². The Morgan fingerprint density at radius 2 is 1.62 bits per heavy atom. The van der Waals surface area contributed by atoms with Crippen LogP contribution >= 0.6 is 0 Å². The molecule has 3 N–H and O–H groups in total. The van der Waals surface area contributed by atoms with Crippen molar-refractivity contribution in [1.29, 1.82) is 0 Å². The zero-order chi connectivity index (χ0) is 35.0. The molecule has 8 rings (SSSR count). The van der Waals surface area contributed by atoms with Crippen molar-refractivity contribution < 1.29 is 15.3 Å². The minimum Gasteiger partial charge on any atom is -0.393 e. The Labute approximate surface area is 305 Å². The van der Waals surface area contributed by atoms with Crippen LogP contribution in [0, 0.1) is 70.0 Å². The molecule has 7 aliphatic rings. The van der Waals surface area contributed by atoms with Gasteiger partial charge in [0.05, 0.1) is 17.8 Å². The summed E-state index contributed by atoms with van der Waals surface area (Å²) in [7, 11) is 0. The van der Waals surface area contributed by atoms with E-state index in [2.05, 4.69) is 69.9 Å². The summed E-state index contributed by atoms with van der Waals surface area (Å²) < 4.78 is 0. The molecule has 2 heterocycles. The molecule has 4 heteroatoms. The summed E-state index contributed by atoms with van der Waals surface area (Å²) in [6.45, 7) is 14.3. The monoisotopic (exact) mass is 688 g/mol. The van der Waals surface area contributed by atoms with Crippen LogP contribution in [0.3, 0.4) is 0 Å². The number of aliphatic hydroxyl groups excluding tert-OH is 2. The number of fused-ring (bicyclic) bond motifs is 8. The van der Waals surface area contributed by atoms with Gasteiger partial charge in [-0.15, -0.1) is 0 Å². The van der Waals surface area contributed by atoms with E-state index in [4.69, 9.17) is 0 Å². The van der Waals surface area contributed by atoms with Crippen molar-refractivity contribution in [3.05, 3.63) is 35.9 Å². The van der Waals surface area contributed by atoms with E-state index < -0.39 is 5.60 Å². The highest BCUT2D eigenvalue weighted by Gasteiger charge is 2.67. The molecule has 2 saturated heterocycles. The first-order valence-corrected chi connectivity index (χ1v) is 21.8. The van der Waals surface area contributed by atoms with Crippen LogP contribution < -0.4 is 0 Å². The number of hydrogen-bond acceptors (Lipinski definition) is 4. The summed E-state index contributed by atoms with van der Waals surface area (Å²) in [5, 5.41) is 36.2. The third kappa shape index (κ3) is 6.09. The van der Waals surface area contributed by atoms with Crippen molar-refractivity contribution in [2.75, 3.05) is 13.1 Å². The van der Waals surface area contributed by atoms with Crippen molar-refractivity contribution in [2.45, 2.75) is 167 Å². The van der Waals surface area contributed by atoms with Gasteiger partial charge in [-0.3, -0.25) is 4.90 Å². The molecular formula is C46H73NO3. The summed E-state index contributed by atoms with van der Waals surface area (Å²) in [6, 6.07) is 11.7. The molecule has 1 spiro atoms. The van der Waals surface area contributed by atoms with Gasteiger partial charge >= 0.3 is 0 Å². The van der Waals surface area contributed by atoms with E-state index in [9.17, 15) is 15.3 Å². The Balaban J connectivity index is 1.01. The molecular weight excluding hydrogens is 615 g/mol. The predicted octanol–water partition coefficient (Wildman–Crippen LogP) is 9.46. The summed E-state index contributed by atoms with van der Waals surface area (Å²) in [4.78, 5) is 2.72. The maximum atomic E-state index is 12.2. The lowest BCUT2D eigenvalue weighted by Gasteiger charge is -2.60. The molecule has 50 heavy (non-hydrogen) atoms. The minimum absolute atomic E-state index is 0.0102. The first-order valence-electron chi connectivity index (χ1n) is 21.8. The van der Waals surface area contributed by atoms with Gasteiger partial charge < -0.3 is 15.3 Å². The lowest BCUT2D eigenvalue weighted by atomic mass is 9.46. The predicted molar refractivity (Wildman–Crippen MR) is 204 cm³/mol. The Morgan fingerprint density at radius 3 is 2.40 bits per heavy atom. The van der Waals surface area contributed by atoms with Gasteiger partial charge in [0.15, 0.2) is 0 Å². The maximum absolute atomic E-state index is 12.2. The average molecular weight is 688 g/mol. The number of rotatable bonds is 8. The number of benzene rings is 1. The molecule has 7 fully saturated rings. The fourth-order valence-corrected chi connectivity index (χ4v) is 15.6. The Bertz CT molecular complexity index is 1320. The molecule has 0 amide bonds. The van der Waals surface area contributed by atoms with E-state index in [1.54, 1.807) is 0 Å². The van der Waals surface area contributed by atoms with Crippen molar-refractivity contribution in [1.82, 2.24) is 4.90 Å². The summed E-state index contributed by atoms with van der Waals surface area (Å²) in [5.74, 6) is 6.67. The van der Waals surface area contributed by atoms with Gasteiger partial charge in [-0.1, -0.05) is 77.3 Å². The van der Waals surface area contributed by atoms with Crippen LogP contribution in [0.5, 0.6) is 0 Å². The lowest BCUT2D eigenvalue weighted by molar-refractivity contribution is -0.180. The number of hydrogen-bond donors (Lipinski definition) is 3. The standard InChI is InChI=1S/C46H73NO3/c1-6-10-29(2)13-15-33(32-11-8-7-9-12-32)21-31-19-20-46(25-31)28-44(4)39-22-35-34(36(39)23-41(48)40(44)24-43(46)49)16-17-38-37(35)27-47-26-30(3)14-18-42(47)45(38,5)50/h7-9,11-12,29-31,33-43,48-50H,6,10,13-28H2,1-5H3. The van der Waals surface area contributed by atoms with Crippen LogP contribution in [-0.4, -0.2) is 57.2 Å². The molecule has 17 atom stereocenters. The molecule has 4 nitrogen and oxygen atoms in total. The molecule has 0 aromatic heterocycles. The van der Waals surface area contributed by atoms with Gasteiger partial charge in [-0.05, 0) is 172 Å². The lowest BCUT2D eigenvalue weighted by Crippen LogP contribution is -2.67. The van der Waals surface area contributed by atoms with E-state index >= 15 is 0 Å². The topological polar surface area (TPSA) is 63.9 Å². The second kappa shape index (κ2) is 13.7. The third-order valence-corrected chi connectivity index (χ3v) is 17.8. The smallest absolute Gasteiger partial charge is 0.0805 e. The molecule has 5 saturated carbocycles. The number of nitrogens with zero attached hydrogens (tertiary/aromatic N) is 1. The van der Waals surface area contributed by atoms with E-state index in [0.29, 0.717) is 53.4 Å². The van der Waals surface area contributed by atoms with Crippen molar-refractivity contribution in [3.8, 4) is 0 Å². The molecule has 0 radical (unpaired) electrons. The molecule has 5 aliphatic carbocycles. The largest absolute Gasteiger partial charge is 0.393 e. The Hall–Kier alpha value is -0.940. The van der Waals surface area contributed by atoms with E-state index in [1.165, 1.54) is 82.7 Å². The summed E-state index contributed by atoms with van der Waals surface area (Å²) >= 11 is 0. The summed E-state index contributed by atoms with van der Waals surface area (Å²) in [6.07, 6.45) is 18.4. The zero-order valence-corrected chi connectivity index (χ0v) is 32.5. The molecule has 17 unspecified atom stereocenters. The van der Waals surface area contributed by atoms with Gasteiger partial charge in [-0.2, -0.15) is 0 Å². The van der Waals surface area contributed by atoms with Gasteiger partial charge in [0.2, 0.25) is 0 Å². The van der Waals surface area contributed by atoms with Crippen LogP contribution in [0.2, 0.25) is 0 Å². The molecule has 2 aliphatic heterocycles. The van der Waals surface area contributed by atoms with Crippen molar-refractivity contribution in [3.63, 3.8) is 0 Å². The average Bonchev–Trinajstić information content (AvgIpc) is 3.67. The molecule has 1 aromatic carbocycles. The molecule has 0 bridgehead atoms. The van der Waals surface area contributed by atoms with Crippen LogP contribution in [0.1, 0.15) is 149 Å². The second-order valence-corrected chi connectivity index (χ2v) is 20.7. The third-order valence-electron chi connectivity index (χ3n) is 17.8. The van der Waals surface area contributed by atoms with Crippen molar-refractivity contribution >= 4 is 0 Å². The fraction of sp³-hybridized carbons (Fsp3) is 0.870. The second-order valence-electron chi connectivity index (χ2n) is 20.7. The molecule has 1 aromatic rings. The summed E-state index contributed by atoms with van der Waals surface area (Å²) in [5.41, 5.74) is 1.04.